The zero-order valence-corrected chi connectivity index (χ0v) is 21.3. The summed E-state index contributed by atoms with van der Waals surface area (Å²) < 4.78 is 6.05. The first-order valence-corrected chi connectivity index (χ1v) is 12.7. The second kappa shape index (κ2) is 10.5. The summed E-state index contributed by atoms with van der Waals surface area (Å²) >= 11 is 0. The number of carbonyl (C=O) groups is 4. The van der Waals surface area contributed by atoms with Crippen molar-refractivity contribution in [2.75, 3.05) is 5.32 Å². The Balaban J connectivity index is 1.40. The molecule has 5 rings (SSSR count). The van der Waals surface area contributed by atoms with Crippen molar-refractivity contribution in [3.63, 3.8) is 0 Å². The molecule has 3 aromatic rings. The third-order valence-electron chi connectivity index (χ3n) is 6.98. The highest BCUT2D eigenvalue weighted by Gasteiger charge is 2.40. The number of nitrogens with one attached hydrogen (secondary N) is 2. The Kier molecular flexibility index (Phi) is 6.96. The molecular weight excluding hydrogens is 482 g/mol. The van der Waals surface area contributed by atoms with Crippen molar-refractivity contribution in [3.8, 4) is 5.75 Å². The van der Waals surface area contributed by atoms with Gasteiger partial charge in [-0.2, -0.15) is 0 Å². The largest absolute Gasteiger partial charge is 0.488 e. The van der Waals surface area contributed by atoms with Gasteiger partial charge < -0.3 is 15.0 Å². The van der Waals surface area contributed by atoms with Gasteiger partial charge in [0.25, 0.3) is 11.8 Å². The molecule has 0 aliphatic carbocycles. The van der Waals surface area contributed by atoms with Gasteiger partial charge in [0.05, 0.1) is 5.56 Å². The fraction of sp³-hybridized carbons (Fsp3) is 0.267. The smallest absolute Gasteiger partial charge is 0.259 e. The van der Waals surface area contributed by atoms with Crippen molar-refractivity contribution in [2.24, 2.45) is 0 Å². The lowest BCUT2D eigenvalue weighted by atomic mass is 9.99. The van der Waals surface area contributed by atoms with E-state index in [-0.39, 0.29) is 43.0 Å². The van der Waals surface area contributed by atoms with Gasteiger partial charge in [0, 0.05) is 29.8 Å². The topological polar surface area (TPSA) is 105 Å². The maximum atomic E-state index is 13.6. The van der Waals surface area contributed by atoms with E-state index in [1.807, 2.05) is 48.5 Å². The summed E-state index contributed by atoms with van der Waals surface area (Å²) in [6.07, 6.45) is 0.453. The number of rotatable bonds is 7. The molecule has 2 N–H and O–H groups in total. The Morgan fingerprint density at radius 1 is 1.05 bits per heavy atom. The van der Waals surface area contributed by atoms with E-state index in [9.17, 15) is 19.2 Å². The first-order valence-electron chi connectivity index (χ1n) is 12.7. The first-order chi connectivity index (χ1) is 18.3. The Morgan fingerprint density at radius 2 is 1.84 bits per heavy atom. The Hall–Kier alpha value is -4.46. The number of ether oxygens (including phenoxy) is 1. The van der Waals surface area contributed by atoms with Crippen molar-refractivity contribution in [1.29, 1.82) is 0 Å². The molecule has 0 bridgehead atoms. The van der Waals surface area contributed by atoms with Gasteiger partial charge in [-0.3, -0.25) is 24.5 Å². The number of hydrogen-bond acceptors (Lipinski definition) is 5. The van der Waals surface area contributed by atoms with Crippen molar-refractivity contribution in [2.45, 2.75) is 51.8 Å². The highest BCUT2D eigenvalue weighted by atomic mass is 16.5. The normalized spacial score (nSPS) is 16.9. The molecule has 4 amide bonds. The van der Waals surface area contributed by atoms with Crippen molar-refractivity contribution >= 4 is 29.3 Å². The van der Waals surface area contributed by atoms with Gasteiger partial charge in [-0.05, 0) is 47.7 Å². The maximum Gasteiger partial charge on any atom is 0.259 e. The van der Waals surface area contributed by atoms with E-state index in [0.717, 1.165) is 11.1 Å². The van der Waals surface area contributed by atoms with Crippen LogP contribution in [0, 0.1) is 0 Å². The van der Waals surface area contributed by atoms with E-state index in [1.165, 1.54) is 4.90 Å². The molecule has 194 valence electrons. The van der Waals surface area contributed by atoms with Gasteiger partial charge in [-0.15, -0.1) is 0 Å². The van der Waals surface area contributed by atoms with E-state index in [2.05, 4.69) is 24.5 Å². The Bertz CT molecular complexity index is 1420. The van der Waals surface area contributed by atoms with Crippen LogP contribution >= 0.6 is 0 Å². The average Bonchev–Trinajstić information content (AvgIpc) is 3.25. The molecule has 0 spiro atoms. The molecular formula is C30H29N3O5. The predicted octanol–water partition coefficient (Wildman–Crippen LogP) is 4.40. The van der Waals surface area contributed by atoms with Crippen LogP contribution in [0.25, 0.3) is 0 Å². The molecule has 2 aliphatic heterocycles. The fourth-order valence-electron chi connectivity index (χ4n) is 4.84. The number of anilines is 1. The zero-order valence-electron chi connectivity index (χ0n) is 21.3. The molecule has 1 unspecified atom stereocenters. The second-order valence-electron chi connectivity index (χ2n) is 9.87. The summed E-state index contributed by atoms with van der Waals surface area (Å²) in [4.78, 5) is 52.2. The minimum absolute atomic E-state index is 0.167. The maximum absolute atomic E-state index is 13.6. The van der Waals surface area contributed by atoms with Crippen LogP contribution in [-0.2, 0) is 22.7 Å². The number of carbonyl (C=O) groups excluding carboxylic acids is 4. The summed E-state index contributed by atoms with van der Waals surface area (Å²) in [7, 11) is 0. The molecule has 8 nitrogen and oxygen atoms in total. The number of fused-ring (bicyclic) bond motifs is 1. The summed E-state index contributed by atoms with van der Waals surface area (Å²) in [6, 6.07) is 19.7. The minimum Gasteiger partial charge on any atom is -0.488 e. The number of benzene rings is 3. The third-order valence-corrected chi connectivity index (χ3v) is 6.98. The van der Waals surface area contributed by atoms with E-state index in [0.29, 0.717) is 34.7 Å². The van der Waals surface area contributed by atoms with Crippen LogP contribution in [0.4, 0.5) is 5.69 Å². The summed E-state index contributed by atoms with van der Waals surface area (Å²) in [5, 5.41) is 5.28. The standard InChI is InChI=1S/C30H29N3O5/c1-18(2)20-11-13-26(38-17-19-7-4-3-5-8-19)22(15-20)28(35)31-24-10-6-9-21-23(24)16-33(30(21)37)25-12-14-27(34)32-29(25)36/h3-11,13,15,18,25H,12,14,16-17H2,1-2H3,(H,31,35)(H,32,34,36). The SMILES string of the molecule is CC(C)c1ccc(OCc2ccccc2)c(C(=O)Nc2cccc3c2CN(C2CCC(=O)NC2=O)C3=O)c1. The molecule has 1 atom stereocenters. The number of imide groups is 1. The molecule has 0 aromatic heterocycles. The van der Waals surface area contributed by atoms with Gasteiger partial charge in [0.2, 0.25) is 11.8 Å². The summed E-state index contributed by atoms with van der Waals surface area (Å²) in [6.45, 7) is 4.60. The fourth-order valence-corrected chi connectivity index (χ4v) is 4.84. The van der Waals surface area contributed by atoms with Crippen LogP contribution in [0.1, 0.15) is 70.0 Å². The van der Waals surface area contributed by atoms with Crippen molar-refractivity contribution in [3.05, 3.63) is 94.5 Å². The van der Waals surface area contributed by atoms with Crippen LogP contribution in [0.15, 0.2) is 66.7 Å². The Labute approximate surface area is 221 Å². The molecule has 8 heteroatoms. The van der Waals surface area contributed by atoms with Gasteiger partial charge in [-0.1, -0.05) is 56.3 Å². The zero-order chi connectivity index (χ0) is 26.8. The lowest BCUT2D eigenvalue weighted by Crippen LogP contribution is -2.52. The minimum atomic E-state index is -0.725. The van der Waals surface area contributed by atoms with Crippen LogP contribution in [0.2, 0.25) is 0 Å². The van der Waals surface area contributed by atoms with Gasteiger partial charge >= 0.3 is 0 Å². The molecule has 1 fully saturated rings. The lowest BCUT2D eigenvalue weighted by molar-refractivity contribution is -0.136. The summed E-state index contributed by atoms with van der Waals surface area (Å²) in [5.41, 5.74) is 3.96. The number of hydrogen-bond donors (Lipinski definition) is 2. The first kappa shape index (κ1) is 25.2. The molecule has 3 aromatic carbocycles. The third kappa shape index (κ3) is 5.02. The average molecular weight is 512 g/mol. The monoisotopic (exact) mass is 511 g/mol. The van der Waals surface area contributed by atoms with E-state index >= 15 is 0 Å². The van der Waals surface area contributed by atoms with Gasteiger partial charge in [0.15, 0.2) is 0 Å². The van der Waals surface area contributed by atoms with Crippen LogP contribution in [0.5, 0.6) is 5.75 Å². The van der Waals surface area contributed by atoms with Crippen LogP contribution < -0.4 is 15.4 Å². The van der Waals surface area contributed by atoms with E-state index < -0.39 is 11.9 Å². The Morgan fingerprint density at radius 3 is 2.58 bits per heavy atom. The lowest BCUT2D eigenvalue weighted by Gasteiger charge is -2.29. The van der Waals surface area contributed by atoms with Gasteiger partial charge in [0.1, 0.15) is 18.4 Å². The number of nitrogens with zero attached hydrogens (tertiary/aromatic N) is 1. The van der Waals surface area contributed by atoms with E-state index in [4.69, 9.17) is 4.74 Å². The molecule has 38 heavy (non-hydrogen) atoms. The molecule has 0 saturated carbocycles. The molecule has 2 aliphatic rings. The number of amides is 4. The summed E-state index contributed by atoms with van der Waals surface area (Å²) in [5.74, 6) is -0.777. The van der Waals surface area contributed by atoms with Crippen LogP contribution in [0.3, 0.4) is 0 Å². The van der Waals surface area contributed by atoms with Gasteiger partial charge in [-0.25, -0.2) is 0 Å². The molecule has 0 radical (unpaired) electrons. The number of piperidine rings is 1. The van der Waals surface area contributed by atoms with Crippen molar-refractivity contribution < 1.29 is 23.9 Å². The predicted molar refractivity (Wildman–Crippen MR) is 142 cm³/mol. The molecule has 2 heterocycles. The van der Waals surface area contributed by atoms with Crippen molar-refractivity contribution in [1.82, 2.24) is 10.2 Å². The highest BCUT2D eigenvalue weighted by Crippen LogP contribution is 2.33. The quantitative estimate of drug-likeness (QED) is 0.458. The van der Waals surface area contributed by atoms with E-state index in [1.54, 1.807) is 18.2 Å². The molecule has 1 saturated heterocycles. The second-order valence-corrected chi connectivity index (χ2v) is 9.87. The highest BCUT2D eigenvalue weighted by molar-refractivity contribution is 6.09. The van der Waals surface area contributed by atoms with Crippen LogP contribution in [-0.4, -0.2) is 34.6 Å².